The third-order valence-corrected chi connectivity index (χ3v) is 5.85. The Hall–Kier alpha value is -1.50. The predicted octanol–water partition coefficient (Wildman–Crippen LogP) is 0.930. The van der Waals surface area contributed by atoms with Gasteiger partial charge in [0.25, 0.3) is 0 Å². The molecule has 0 radical (unpaired) electrons. The van der Waals surface area contributed by atoms with Crippen molar-refractivity contribution in [1.82, 2.24) is 30.0 Å². The van der Waals surface area contributed by atoms with Crippen LogP contribution in [0, 0.1) is 5.41 Å². The molecule has 23 heavy (non-hydrogen) atoms. The first-order valence-corrected chi connectivity index (χ1v) is 8.97. The van der Waals surface area contributed by atoms with E-state index in [2.05, 4.69) is 25.3 Å². The third-order valence-electron chi connectivity index (χ3n) is 5.85. The van der Waals surface area contributed by atoms with Crippen LogP contribution in [0.1, 0.15) is 44.9 Å². The van der Waals surface area contributed by atoms with Crippen molar-refractivity contribution in [2.24, 2.45) is 5.41 Å². The fourth-order valence-corrected chi connectivity index (χ4v) is 4.16. The van der Waals surface area contributed by atoms with E-state index in [1.54, 1.807) is 11.0 Å². The van der Waals surface area contributed by atoms with Crippen LogP contribution >= 0.6 is 0 Å². The Morgan fingerprint density at radius 3 is 2.70 bits per heavy atom. The lowest BCUT2D eigenvalue weighted by Gasteiger charge is -2.47. The summed E-state index contributed by atoms with van der Waals surface area (Å²) in [7, 11) is 0. The van der Waals surface area contributed by atoms with Crippen LogP contribution in [0.4, 0.5) is 0 Å². The van der Waals surface area contributed by atoms with Crippen LogP contribution in [0.25, 0.3) is 0 Å². The summed E-state index contributed by atoms with van der Waals surface area (Å²) < 4.78 is 1.80. The molecule has 1 aliphatic carbocycles. The van der Waals surface area contributed by atoms with Gasteiger partial charge in [-0.05, 0) is 74.0 Å². The molecule has 2 aliphatic heterocycles. The molecule has 7 heteroatoms. The molecule has 1 aromatic heterocycles. The quantitative estimate of drug-likeness (QED) is 0.808. The Bertz CT molecular complexity index is 533. The van der Waals surface area contributed by atoms with E-state index < -0.39 is 0 Å². The molecule has 3 fully saturated rings. The Kier molecular flexibility index (Phi) is 4.05. The summed E-state index contributed by atoms with van der Waals surface area (Å²) >= 11 is 0. The molecule has 0 atom stereocenters. The minimum Gasteiger partial charge on any atom is -0.339 e. The second-order valence-electron chi connectivity index (χ2n) is 7.52. The third kappa shape index (κ3) is 3.39. The molecular formula is C16H26N6O. The smallest absolute Gasteiger partial charge is 0.222 e. The van der Waals surface area contributed by atoms with Crippen LogP contribution in [-0.4, -0.2) is 68.1 Å². The predicted molar refractivity (Wildman–Crippen MR) is 84.5 cm³/mol. The lowest BCUT2D eigenvalue weighted by atomic mass is 9.72. The number of carbonyl (C=O) groups is 1. The summed E-state index contributed by atoms with van der Waals surface area (Å²) in [6, 6.07) is 0.578. The number of nitrogens with zero attached hydrogens (tertiary/aromatic N) is 6. The number of hydrogen-bond acceptors (Lipinski definition) is 5. The largest absolute Gasteiger partial charge is 0.339 e. The van der Waals surface area contributed by atoms with E-state index in [1.165, 1.54) is 38.8 Å². The number of likely N-dealkylation sites (tertiary alicyclic amines) is 2. The normalized spacial score (nSPS) is 25.2. The van der Waals surface area contributed by atoms with Crippen LogP contribution < -0.4 is 0 Å². The highest BCUT2D eigenvalue weighted by Gasteiger charge is 2.44. The maximum atomic E-state index is 12.1. The summed E-state index contributed by atoms with van der Waals surface area (Å²) in [4.78, 5) is 16.9. The Morgan fingerprint density at radius 2 is 2.00 bits per heavy atom. The summed E-state index contributed by atoms with van der Waals surface area (Å²) in [6.45, 7) is 5.36. The molecule has 0 aromatic carbocycles. The van der Waals surface area contributed by atoms with Crippen molar-refractivity contribution in [3.05, 3.63) is 6.33 Å². The van der Waals surface area contributed by atoms with Gasteiger partial charge in [0.05, 0.1) is 0 Å². The summed E-state index contributed by atoms with van der Waals surface area (Å²) in [5.41, 5.74) is 0.406. The number of rotatable bonds is 5. The molecule has 0 N–H and O–H groups in total. The zero-order chi connectivity index (χ0) is 15.7. The fraction of sp³-hybridized carbons (Fsp3) is 0.875. The molecule has 126 valence electrons. The van der Waals surface area contributed by atoms with E-state index in [0.717, 1.165) is 38.9 Å². The van der Waals surface area contributed by atoms with Gasteiger partial charge in [0.1, 0.15) is 6.33 Å². The first-order chi connectivity index (χ1) is 11.2. The van der Waals surface area contributed by atoms with Crippen LogP contribution in [0.3, 0.4) is 0 Å². The maximum Gasteiger partial charge on any atom is 0.222 e. The van der Waals surface area contributed by atoms with Crippen LogP contribution in [0.15, 0.2) is 6.33 Å². The first-order valence-electron chi connectivity index (χ1n) is 8.97. The molecule has 3 aliphatic rings. The minimum atomic E-state index is 0.405. The minimum absolute atomic E-state index is 0.405. The standard InChI is InChI=1S/C16H26N6O/c23-15-4-5-16(12-22(15)14-2-3-14)6-10-20(11-7-16)8-1-9-21-13-17-18-19-21/h13-14H,1-12H2. The molecule has 4 rings (SSSR count). The molecule has 0 unspecified atom stereocenters. The second-order valence-corrected chi connectivity index (χ2v) is 7.52. The van der Waals surface area contributed by atoms with E-state index >= 15 is 0 Å². The highest BCUT2D eigenvalue weighted by Crippen LogP contribution is 2.43. The lowest BCUT2D eigenvalue weighted by Crippen LogP contribution is -2.52. The topological polar surface area (TPSA) is 67.2 Å². The average molecular weight is 318 g/mol. The zero-order valence-corrected chi connectivity index (χ0v) is 13.7. The van der Waals surface area contributed by atoms with Gasteiger partial charge in [0, 0.05) is 25.6 Å². The number of aryl methyl sites for hydroxylation is 1. The number of amides is 1. The zero-order valence-electron chi connectivity index (χ0n) is 13.7. The van der Waals surface area contributed by atoms with E-state index in [1.807, 2.05) is 0 Å². The monoisotopic (exact) mass is 318 g/mol. The van der Waals surface area contributed by atoms with Gasteiger partial charge in [-0.2, -0.15) is 0 Å². The fourth-order valence-electron chi connectivity index (χ4n) is 4.16. The van der Waals surface area contributed by atoms with Crippen molar-refractivity contribution < 1.29 is 4.79 Å². The molecule has 0 bridgehead atoms. The van der Waals surface area contributed by atoms with Crippen LogP contribution in [-0.2, 0) is 11.3 Å². The van der Waals surface area contributed by atoms with Gasteiger partial charge in [-0.1, -0.05) is 0 Å². The van der Waals surface area contributed by atoms with Gasteiger partial charge in [-0.3, -0.25) is 4.79 Å². The van der Waals surface area contributed by atoms with Crippen molar-refractivity contribution in [3.63, 3.8) is 0 Å². The molecule has 1 saturated carbocycles. The van der Waals surface area contributed by atoms with E-state index in [-0.39, 0.29) is 0 Å². The highest BCUT2D eigenvalue weighted by molar-refractivity contribution is 5.77. The Balaban J connectivity index is 1.24. The van der Waals surface area contributed by atoms with E-state index in [0.29, 0.717) is 17.4 Å². The SMILES string of the molecule is O=C1CCC2(CCN(CCCn3cnnn3)CC2)CN1C1CC1. The average Bonchev–Trinajstić information content (AvgIpc) is 3.29. The van der Waals surface area contributed by atoms with Gasteiger partial charge < -0.3 is 9.80 Å². The maximum absolute atomic E-state index is 12.1. The molecule has 1 spiro atoms. The second kappa shape index (κ2) is 6.19. The number of aromatic nitrogens is 4. The van der Waals surface area contributed by atoms with Gasteiger partial charge in [-0.15, -0.1) is 5.10 Å². The van der Waals surface area contributed by atoms with Crippen LogP contribution in [0.2, 0.25) is 0 Å². The lowest BCUT2D eigenvalue weighted by molar-refractivity contribution is -0.139. The van der Waals surface area contributed by atoms with E-state index in [9.17, 15) is 4.79 Å². The van der Waals surface area contributed by atoms with E-state index in [4.69, 9.17) is 0 Å². The summed E-state index contributed by atoms with van der Waals surface area (Å²) in [5.74, 6) is 0.405. The molecule has 1 amide bonds. The summed E-state index contributed by atoms with van der Waals surface area (Å²) in [6.07, 6.45) is 9.59. The van der Waals surface area contributed by atoms with Crippen molar-refractivity contribution in [2.75, 3.05) is 26.2 Å². The van der Waals surface area contributed by atoms with Crippen LogP contribution in [0.5, 0.6) is 0 Å². The number of carbonyl (C=O) groups excluding carboxylic acids is 1. The first kappa shape index (κ1) is 15.1. The van der Waals surface area contributed by atoms with Crippen molar-refractivity contribution >= 4 is 5.91 Å². The van der Waals surface area contributed by atoms with Gasteiger partial charge in [0.15, 0.2) is 0 Å². The van der Waals surface area contributed by atoms with Gasteiger partial charge in [0.2, 0.25) is 5.91 Å². The number of tetrazole rings is 1. The van der Waals surface area contributed by atoms with Crippen molar-refractivity contribution in [1.29, 1.82) is 0 Å². The number of piperidine rings is 2. The van der Waals surface area contributed by atoms with Crippen molar-refractivity contribution in [3.8, 4) is 0 Å². The molecule has 1 aromatic rings. The summed E-state index contributed by atoms with van der Waals surface area (Å²) in [5, 5.41) is 11.2. The van der Waals surface area contributed by atoms with Gasteiger partial charge >= 0.3 is 0 Å². The number of hydrogen-bond donors (Lipinski definition) is 0. The Labute approximate surface area is 137 Å². The Morgan fingerprint density at radius 1 is 1.17 bits per heavy atom. The molecule has 2 saturated heterocycles. The molecular weight excluding hydrogens is 292 g/mol. The highest BCUT2D eigenvalue weighted by atomic mass is 16.2. The van der Waals surface area contributed by atoms with Crippen molar-refractivity contribution in [2.45, 2.75) is 57.5 Å². The molecule has 3 heterocycles. The van der Waals surface area contributed by atoms with Gasteiger partial charge in [-0.25, -0.2) is 4.68 Å². The molecule has 7 nitrogen and oxygen atoms in total.